The Morgan fingerprint density at radius 2 is 2.09 bits per heavy atom. The topological polar surface area (TPSA) is 108 Å². The minimum absolute atomic E-state index is 0.0385. The summed E-state index contributed by atoms with van der Waals surface area (Å²) in [5, 5.41) is 18.1. The third kappa shape index (κ3) is 3.63. The van der Waals surface area contributed by atoms with Crippen LogP contribution in [0.2, 0.25) is 0 Å². The summed E-state index contributed by atoms with van der Waals surface area (Å²) in [5.41, 5.74) is 0. The molecule has 0 radical (unpaired) electrons. The van der Waals surface area contributed by atoms with Crippen LogP contribution in [0.5, 0.6) is 0 Å². The number of nitrogens with zero attached hydrogens (tertiary/aromatic N) is 2. The molecule has 0 fully saturated rings. The van der Waals surface area contributed by atoms with E-state index in [1.165, 1.54) is 12.3 Å². The van der Waals surface area contributed by atoms with Crippen molar-refractivity contribution in [3.63, 3.8) is 0 Å². The predicted molar refractivity (Wildman–Crippen MR) is 80.7 cm³/mol. The summed E-state index contributed by atoms with van der Waals surface area (Å²) in [7, 11) is -3.93. The number of rotatable bonds is 8. The van der Waals surface area contributed by atoms with E-state index in [1.807, 2.05) is 6.07 Å². The highest BCUT2D eigenvalue weighted by Crippen LogP contribution is 2.36. The summed E-state index contributed by atoms with van der Waals surface area (Å²) >= 11 is 0. The molecule has 0 amide bonds. The van der Waals surface area contributed by atoms with Crippen LogP contribution in [0.3, 0.4) is 0 Å². The van der Waals surface area contributed by atoms with Crippen molar-refractivity contribution in [2.24, 2.45) is 5.92 Å². The minimum atomic E-state index is -3.93. The molecule has 1 aromatic rings. The van der Waals surface area contributed by atoms with Gasteiger partial charge in [0.15, 0.2) is 9.77 Å². The fourth-order valence-electron chi connectivity index (χ4n) is 2.33. The van der Waals surface area contributed by atoms with Crippen LogP contribution < -0.4 is 0 Å². The van der Waals surface area contributed by atoms with Crippen LogP contribution in [0.4, 0.5) is 0 Å². The maximum Gasteiger partial charge on any atom is 0.303 e. The molecule has 0 saturated heterocycles. The first-order valence-electron chi connectivity index (χ1n) is 7.06. The van der Waals surface area contributed by atoms with Crippen LogP contribution >= 0.6 is 0 Å². The highest BCUT2D eigenvalue weighted by atomic mass is 32.2. The third-order valence-corrected chi connectivity index (χ3v) is 6.22. The number of carbonyl (C=O) groups is 1. The molecule has 1 heterocycles. The molecule has 0 aliphatic carbocycles. The third-order valence-electron chi connectivity index (χ3n) is 3.70. The number of sulfone groups is 1. The van der Waals surface area contributed by atoms with Crippen molar-refractivity contribution in [1.82, 2.24) is 4.98 Å². The number of hydrogen-bond acceptors (Lipinski definition) is 5. The standard InChI is InChI=1S/C15H20N2O4S/c1-12(2)15(11-16,9-5-3-8-14(18)19)22(20,21)13-7-4-6-10-17-13/h4,6-7,10,12H,3,5,8-9H2,1-2H3,(H,18,19). The lowest BCUT2D eigenvalue weighted by molar-refractivity contribution is -0.137. The van der Waals surface area contributed by atoms with Gasteiger partial charge in [0.2, 0.25) is 9.84 Å². The molecular formula is C15H20N2O4S. The molecule has 1 atom stereocenters. The van der Waals surface area contributed by atoms with Crippen LogP contribution in [0, 0.1) is 17.2 Å². The summed E-state index contributed by atoms with van der Waals surface area (Å²) in [4.78, 5) is 14.4. The van der Waals surface area contributed by atoms with E-state index in [4.69, 9.17) is 5.11 Å². The number of aromatic nitrogens is 1. The normalized spacial score (nSPS) is 14.3. The lowest BCUT2D eigenvalue weighted by Gasteiger charge is -2.29. The zero-order valence-corrected chi connectivity index (χ0v) is 13.5. The summed E-state index contributed by atoms with van der Waals surface area (Å²) in [6.07, 6.45) is 2.11. The van der Waals surface area contributed by atoms with Gasteiger partial charge < -0.3 is 5.11 Å². The van der Waals surface area contributed by atoms with E-state index in [1.54, 1.807) is 26.0 Å². The van der Waals surface area contributed by atoms with Crippen molar-refractivity contribution in [1.29, 1.82) is 5.26 Å². The Hall–Kier alpha value is -1.94. The highest BCUT2D eigenvalue weighted by Gasteiger charge is 2.48. The van der Waals surface area contributed by atoms with Crippen molar-refractivity contribution < 1.29 is 18.3 Å². The zero-order chi connectivity index (χ0) is 16.8. The molecule has 0 saturated carbocycles. The molecule has 1 N–H and O–H groups in total. The lowest BCUT2D eigenvalue weighted by atomic mass is 9.90. The van der Waals surface area contributed by atoms with Gasteiger partial charge in [-0.05, 0) is 30.9 Å². The van der Waals surface area contributed by atoms with Crippen molar-refractivity contribution in [2.75, 3.05) is 0 Å². The fourth-order valence-corrected chi connectivity index (χ4v) is 4.32. The fraction of sp³-hybridized carbons (Fsp3) is 0.533. The molecule has 1 unspecified atom stereocenters. The summed E-state index contributed by atoms with van der Waals surface area (Å²) in [6, 6.07) is 6.51. The average Bonchev–Trinajstić information content (AvgIpc) is 2.47. The Labute approximate surface area is 130 Å². The van der Waals surface area contributed by atoms with Gasteiger partial charge in [-0.1, -0.05) is 26.3 Å². The Bertz CT molecular complexity index is 650. The van der Waals surface area contributed by atoms with Gasteiger partial charge in [0.05, 0.1) is 6.07 Å². The van der Waals surface area contributed by atoms with E-state index in [0.29, 0.717) is 12.8 Å². The molecule has 0 bridgehead atoms. The van der Waals surface area contributed by atoms with Crippen LogP contribution in [0.1, 0.15) is 39.5 Å². The van der Waals surface area contributed by atoms with Gasteiger partial charge in [-0.25, -0.2) is 13.4 Å². The first kappa shape index (κ1) is 18.1. The van der Waals surface area contributed by atoms with E-state index < -0.39 is 26.5 Å². The molecule has 0 spiro atoms. The van der Waals surface area contributed by atoms with E-state index in [-0.39, 0.29) is 17.9 Å². The van der Waals surface area contributed by atoms with Gasteiger partial charge in [0, 0.05) is 12.6 Å². The number of aliphatic carboxylic acids is 1. The molecule has 1 rings (SSSR count). The molecule has 0 aliphatic rings. The lowest BCUT2D eigenvalue weighted by Crippen LogP contribution is -2.42. The van der Waals surface area contributed by atoms with Gasteiger partial charge in [-0.3, -0.25) is 4.79 Å². The summed E-state index contributed by atoms with van der Waals surface area (Å²) in [5.74, 6) is -1.37. The molecule has 1 aromatic heterocycles. The molecule has 6 nitrogen and oxygen atoms in total. The number of nitriles is 1. The predicted octanol–water partition coefficient (Wildman–Crippen LogP) is 2.42. The zero-order valence-electron chi connectivity index (χ0n) is 12.7. The maximum atomic E-state index is 12.9. The monoisotopic (exact) mass is 324 g/mol. The first-order valence-corrected chi connectivity index (χ1v) is 8.55. The van der Waals surface area contributed by atoms with Crippen molar-refractivity contribution in [2.45, 2.75) is 49.3 Å². The molecule has 22 heavy (non-hydrogen) atoms. The van der Waals surface area contributed by atoms with Crippen LogP contribution in [0.15, 0.2) is 29.4 Å². The van der Waals surface area contributed by atoms with Gasteiger partial charge >= 0.3 is 5.97 Å². The quantitative estimate of drug-likeness (QED) is 0.736. The first-order chi connectivity index (χ1) is 10.3. The number of hydrogen-bond donors (Lipinski definition) is 1. The number of unbranched alkanes of at least 4 members (excludes halogenated alkanes) is 1. The van der Waals surface area contributed by atoms with Crippen LogP contribution in [-0.2, 0) is 14.6 Å². The highest BCUT2D eigenvalue weighted by molar-refractivity contribution is 7.93. The van der Waals surface area contributed by atoms with Gasteiger partial charge in [-0.2, -0.15) is 5.26 Å². The van der Waals surface area contributed by atoms with Crippen molar-refractivity contribution in [3.8, 4) is 6.07 Å². The molecule has 7 heteroatoms. The largest absolute Gasteiger partial charge is 0.481 e. The summed E-state index contributed by atoms with van der Waals surface area (Å²) in [6.45, 7) is 3.36. The molecule has 0 aliphatic heterocycles. The number of carboxylic acids is 1. The van der Waals surface area contributed by atoms with Crippen LogP contribution in [-0.4, -0.2) is 29.2 Å². The Balaban J connectivity index is 3.12. The smallest absolute Gasteiger partial charge is 0.303 e. The summed E-state index contributed by atoms with van der Waals surface area (Å²) < 4.78 is 24.1. The van der Waals surface area contributed by atoms with E-state index >= 15 is 0 Å². The molecule has 0 aromatic carbocycles. The van der Waals surface area contributed by atoms with E-state index in [0.717, 1.165) is 0 Å². The Morgan fingerprint density at radius 1 is 1.41 bits per heavy atom. The van der Waals surface area contributed by atoms with Gasteiger partial charge in [0.1, 0.15) is 0 Å². The minimum Gasteiger partial charge on any atom is -0.481 e. The average molecular weight is 324 g/mol. The van der Waals surface area contributed by atoms with Crippen LogP contribution in [0.25, 0.3) is 0 Å². The maximum absolute atomic E-state index is 12.9. The Kier molecular flexibility index (Phi) is 6.06. The number of pyridine rings is 1. The van der Waals surface area contributed by atoms with Gasteiger partial charge in [-0.15, -0.1) is 0 Å². The number of carboxylic acid groups (broad SMARTS) is 1. The SMILES string of the molecule is CC(C)C(C#N)(CCCCC(=O)O)S(=O)(=O)c1ccccn1. The van der Waals surface area contributed by atoms with Crippen molar-refractivity contribution in [3.05, 3.63) is 24.4 Å². The second-order valence-electron chi connectivity index (χ2n) is 5.43. The van der Waals surface area contributed by atoms with Crippen molar-refractivity contribution >= 4 is 15.8 Å². The van der Waals surface area contributed by atoms with Gasteiger partial charge in [0.25, 0.3) is 0 Å². The molecular weight excluding hydrogens is 304 g/mol. The second kappa shape index (κ2) is 7.36. The van der Waals surface area contributed by atoms with E-state index in [9.17, 15) is 18.5 Å². The Morgan fingerprint density at radius 3 is 2.55 bits per heavy atom. The molecule has 120 valence electrons. The second-order valence-corrected chi connectivity index (χ2v) is 7.58. The van der Waals surface area contributed by atoms with E-state index in [2.05, 4.69) is 4.98 Å².